The van der Waals surface area contributed by atoms with Gasteiger partial charge in [-0.15, -0.1) is 0 Å². The maximum Gasteiger partial charge on any atom is 0.335 e. The van der Waals surface area contributed by atoms with Crippen LogP contribution in [0.3, 0.4) is 0 Å². The SMILES string of the molecule is O=C(O)CCCCN(Cc1ccc(C(=O)O)cc1)CC(OCC1CCCCCCCC1)C1CCCCCCCCC1. The summed E-state index contributed by atoms with van der Waals surface area (Å²) >= 11 is 0. The molecule has 0 heterocycles. The number of nitrogens with zero attached hydrogens (tertiary/aromatic N) is 1. The number of hydrogen-bond donors (Lipinski definition) is 2. The van der Waals surface area contributed by atoms with Crippen LogP contribution in [0.25, 0.3) is 0 Å². The summed E-state index contributed by atoms with van der Waals surface area (Å²) in [5, 5.41) is 18.5. The summed E-state index contributed by atoms with van der Waals surface area (Å²) in [6, 6.07) is 7.22. The fourth-order valence-electron chi connectivity index (χ4n) is 6.81. The minimum atomic E-state index is -0.906. The number of aliphatic carboxylic acids is 1. The third kappa shape index (κ3) is 14.2. The molecule has 1 unspecified atom stereocenters. The summed E-state index contributed by atoms with van der Waals surface area (Å²) in [4.78, 5) is 25.0. The average Bonchev–Trinajstić information content (AvgIpc) is 3.10. The third-order valence-corrected chi connectivity index (χ3v) is 9.36. The topological polar surface area (TPSA) is 87.1 Å². The number of carboxylic acid groups (broad SMARTS) is 2. The number of carbonyl (C=O) groups is 2. The van der Waals surface area contributed by atoms with E-state index in [1.54, 1.807) is 12.1 Å². The molecule has 1 aromatic carbocycles. The van der Waals surface area contributed by atoms with Gasteiger partial charge in [0.1, 0.15) is 0 Å². The zero-order valence-corrected chi connectivity index (χ0v) is 25.6. The van der Waals surface area contributed by atoms with Gasteiger partial charge in [0, 0.05) is 26.1 Å². The zero-order chi connectivity index (χ0) is 29.1. The second-order valence-electron chi connectivity index (χ2n) is 12.8. The lowest BCUT2D eigenvalue weighted by atomic mass is 9.87. The van der Waals surface area contributed by atoms with Gasteiger partial charge >= 0.3 is 11.9 Å². The molecule has 6 nitrogen and oxygen atoms in total. The maximum absolute atomic E-state index is 11.4. The van der Waals surface area contributed by atoms with Crippen molar-refractivity contribution >= 4 is 11.9 Å². The predicted molar refractivity (Wildman–Crippen MR) is 165 cm³/mol. The first-order chi connectivity index (χ1) is 20.0. The smallest absolute Gasteiger partial charge is 0.335 e. The standard InChI is InChI=1S/C35H57NO5/c37-34(38)20-14-15-25-36(26-29-21-23-32(24-22-29)35(39)40)27-33(31-18-12-8-2-1-3-9-13-19-31)41-28-30-16-10-6-4-5-7-11-17-30/h21-24,30-31,33H,1-20,25-28H2,(H,37,38)(H,39,40). The van der Waals surface area contributed by atoms with Crippen LogP contribution in [0, 0.1) is 11.8 Å². The highest BCUT2D eigenvalue weighted by Gasteiger charge is 2.26. The Balaban J connectivity index is 1.73. The Kier molecular flexibility index (Phi) is 16.4. The number of carboxylic acids is 2. The van der Waals surface area contributed by atoms with E-state index in [1.165, 1.54) is 109 Å². The van der Waals surface area contributed by atoms with Gasteiger partial charge in [0.15, 0.2) is 0 Å². The number of unbranched alkanes of at least 4 members (excludes halogenated alkanes) is 1. The van der Waals surface area contributed by atoms with Crippen LogP contribution in [-0.2, 0) is 16.1 Å². The molecule has 2 fully saturated rings. The summed E-state index contributed by atoms with van der Waals surface area (Å²) in [6.45, 7) is 3.26. The Bertz CT molecular complexity index is 837. The lowest BCUT2D eigenvalue weighted by molar-refractivity contribution is -0.137. The van der Waals surface area contributed by atoms with Crippen molar-refractivity contribution in [3.8, 4) is 0 Å². The summed E-state index contributed by atoms with van der Waals surface area (Å²) in [5.74, 6) is -0.432. The van der Waals surface area contributed by atoms with E-state index in [0.29, 0.717) is 23.8 Å². The van der Waals surface area contributed by atoms with E-state index in [-0.39, 0.29) is 12.5 Å². The largest absolute Gasteiger partial charge is 0.481 e. The van der Waals surface area contributed by atoms with E-state index in [9.17, 15) is 14.7 Å². The van der Waals surface area contributed by atoms with Crippen LogP contribution in [0.1, 0.15) is 144 Å². The van der Waals surface area contributed by atoms with E-state index in [2.05, 4.69) is 4.90 Å². The van der Waals surface area contributed by atoms with Gasteiger partial charge in [0.2, 0.25) is 0 Å². The van der Waals surface area contributed by atoms with Crippen LogP contribution >= 0.6 is 0 Å². The highest BCUT2D eigenvalue weighted by atomic mass is 16.5. The van der Waals surface area contributed by atoms with Gasteiger partial charge in [-0.25, -0.2) is 4.79 Å². The predicted octanol–water partition coefficient (Wildman–Crippen LogP) is 8.72. The molecule has 0 spiro atoms. The van der Waals surface area contributed by atoms with Crippen molar-refractivity contribution < 1.29 is 24.5 Å². The minimum absolute atomic E-state index is 0.180. The Morgan fingerprint density at radius 1 is 0.756 bits per heavy atom. The Labute approximate surface area is 249 Å². The zero-order valence-electron chi connectivity index (χ0n) is 25.6. The van der Waals surface area contributed by atoms with Crippen LogP contribution in [-0.4, -0.2) is 52.9 Å². The van der Waals surface area contributed by atoms with Crippen molar-refractivity contribution in [3.63, 3.8) is 0 Å². The summed E-state index contributed by atoms with van der Waals surface area (Å²) < 4.78 is 6.98. The molecule has 0 aromatic heterocycles. The molecule has 2 N–H and O–H groups in total. The molecule has 1 atom stereocenters. The number of aromatic carboxylic acids is 1. The van der Waals surface area contributed by atoms with Gasteiger partial charge in [-0.2, -0.15) is 0 Å². The first kappa shape index (κ1) is 33.6. The fourth-order valence-corrected chi connectivity index (χ4v) is 6.81. The van der Waals surface area contributed by atoms with E-state index in [1.807, 2.05) is 12.1 Å². The number of benzene rings is 1. The highest BCUT2D eigenvalue weighted by Crippen LogP contribution is 2.29. The normalized spacial score (nSPS) is 19.6. The molecule has 3 rings (SSSR count). The van der Waals surface area contributed by atoms with Crippen molar-refractivity contribution in [2.75, 3.05) is 19.7 Å². The fraction of sp³-hybridized carbons (Fsp3) is 0.771. The average molecular weight is 572 g/mol. The van der Waals surface area contributed by atoms with Gasteiger partial charge < -0.3 is 14.9 Å². The van der Waals surface area contributed by atoms with Crippen LogP contribution < -0.4 is 0 Å². The molecule has 0 aliphatic heterocycles. The molecule has 41 heavy (non-hydrogen) atoms. The molecule has 1 aromatic rings. The quantitative estimate of drug-likeness (QED) is 0.217. The van der Waals surface area contributed by atoms with E-state index >= 15 is 0 Å². The number of ether oxygens (including phenoxy) is 1. The van der Waals surface area contributed by atoms with E-state index < -0.39 is 11.9 Å². The van der Waals surface area contributed by atoms with Gasteiger partial charge in [-0.1, -0.05) is 95.6 Å². The molecule has 0 amide bonds. The van der Waals surface area contributed by atoms with Crippen molar-refractivity contribution in [2.24, 2.45) is 11.8 Å². The number of hydrogen-bond acceptors (Lipinski definition) is 4. The molecule has 2 aliphatic rings. The number of rotatable bonds is 14. The molecular weight excluding hydrogens is 514 g/mol. The van der Waals surface area contributed by atoms with Crippen LogP contribution in [0.5, 0.6) is 0 Å². The second-order valence-corrected chi connectivity index (χ2v) is 12.8. The van der Waals surface area contributed by atoms with Crippen LogP contribution in [0.2, 0.25) is 0 Å². The van der Waals surface area contributed by atoms with E-state index in [0.717, 1.165) is 38.2 Å². The second kappa shape index (κ2) is 20.1. The van der Waals surface area contributed by atoms with E-state index in [4.69, 9.17) is 9.84 Å². The lowest BCUT2D eigenvalue weighted by Crippen LogP contribution is -2.40. The van der Waals surface area contributed by atoms with Crippen molar-refractivity contribution in [3.05, 3.63) is 35.4 Å². The first-order valence-electron chi connectivity index (χ1n) is 16.9. The third-order valence-electron chi connectivity index (χ3n) is 9.36. The molecular formula is C35H57NO5. The molecule has 6 heteroatoms. The van der Waals surface area contributed by atoms with Gasteiger partial charge in [-0.05, 0) is 74.6 Å². The Hall–Kier alpha value is -1.92. The van der Waals surface area contributed by atoms with Crippen molar-refractivity contribution in [1.29, 1.82) is 0 Å². The Morgan fingerprint density at radius 3 is 1.83 bits per heavy atom. The molecule has 2 aliphatic carbocycles. The molecule has 2 saturated carbocycles. The van der Waals surface area contributed by atoms with Crippen molar-refractivity contribution in [1.82, 2.24) is 4.90 Å². The molecule has 0 radical (unpaired) electrons. The molecule has 0 saturated heterocycles. The lowest BCUT2D eigenvalue weighted by Gasteiger charge is -2.34. The van der Waals surface area contributed by atoms with Crippen LogP contribution in [0.15, 0.2) is 24.3 Å². The molecule has 232 valence electrons. The Morgan fingerprint density at radius 2 is 1.29 bits per heavy atom. The van der Waals surface area contributed by atoms with Gasteiger partial charge in [-0.3, -0.25) is 9.69 Å². The van der Waals surface area contributed by atoms with Gasteiger partial charge in [0.05, 0.1) is 11.7 Å². The summed E-state index contributed by atoms with van der Waals surface area (Å²) in [7, 11) is 0. The monoisotopic (exact) mass is 571 g/mol. The highest BCUT2D eigenvalue weighted by molar-refractivity contribution is 5.87. The summed E-state index contributed by atoms with van der Waals surface area (Å²) in [6.07, 6.45) is 24.3. The summed E-state index contributed by atoms with van der Waals surface area (Å²) in [5.41, 5.74) is 1.40. The molecule has 0 bridgehead atoms. The van der Waals surface area contributed by atoms with Crippen molar-refractivity contribution in [2.45, 2.75) is 141 Å². The first-order valence-corrected chi connectivity index (χ1v) is 16.9. The minimum Gasteiger partial charge on any atom is -0.481 e. The maximum atomic E-state index is 11.4. The van der Waals surface area contributed by atoms with Gasteiger partial charge in [0.25, 0.3) is 0 Å². The van der Waals surface area contributed by atoms with Crippen LogP contribution in [0.4, 0.5) is 0 Å².